The van der Waals surface area contributed by atoms with E-state index in [9.17, 15) is 10.1 Å². The van der Waals surface area contributed by atoms with E-state index in [1.807, 2.05) is 0 Å². The molecule has 0 heterocycles. The molecule has 2 rings (SSSR count). The van der Waals surface area contributed by atoms with Gasteiger partial charge in [-0.3, -0.25) is 10.1 Å². The van der Waals surface area contributed by atoms with Crippen LogP contribution in [0.4, 0.5) is 5.69 Å². The highest BCUT2D eigenvalue weighted by molar-refractivity contribution is 5.54. The number of nitro benzene ring substituents is 1. The van der Waals surface area contributed by atoms with Gasteiger partial charge in [-0.1, -0.05) is 27.7 Å². The van der Waals surface area contributed by atoms with Gasteiger partial charge in [-0.15, -0.1) is 0 Å². The highest BCUT2D eigenvalue weighted by Crippen LogP contribution is 2.38. The topological polar surface area (TPSA) is 80.1 Å². The molecule has 0 aliphatic carbocycles. The molecule has 0 amide bonds. The monoisotopic (exact) mass is 403 g/mol. The third kappa shape index (κ3) is 6.27. The van der Waals surface area contributed by atoms with Gasteiger partial charge in [0.25, 0.3) is 0 Å². The summed E-state index contributed by atoms with van der Waals surface area (Å²) in [7, 11) is 3.04. The fraction of sp³-hybridized carbons (Fsp3) is 0.455. The Morgan fingerprint density at radius 2 is 1.59 bits per heavy atom. The van der Waals surface area contributed by atoms with Crippen LogP contribution in [0.2, 0.25) is 0 Å². The van der Waals surface area contributed by atoms with Crippen LogP contribution in [0.15, 0.2) is 36.4 Å². The zero-order valence-corrected chi connectivity index (χ0v) is 17.9. The van der Waals surface area contributed by atoms with Crippen molar-refractivity contribution in [3.05, 3.63) is 46.5 Å². The average molecular weight is 403 g/mol. The maximum atomic E-state index is 11.6. The lowest BCUT2D eigenvalue weighted by Crippen LogP contribution is -2.23. The molecule has 2 aromatic rings. The van der Waals surface area contributed by atoms with Crippen molar-refractivity contribution in [1.29, 1.82) is 0 Å². The van der Waals surface area contributed by atoms with Crippen LogP contribution >= 0.6 is 0 Å². The van der Waals surface area contributed by atoms with Crippen LogP contribution in [-0.4, -0.2) is 25.7 Å². The molecule has 7 heteroatoms. The van der Waals surface area contributed by atoms with Gasteiger partial charge in [0.15, 0.2) is 11.5 Å². The van der Waals surface area contributed by atoms with Crippen molar-refractivity contribution in [1.82, 2.24) is 0 Å². The van der Waals surface area contributed by atoms with E-state index in [1.54, 1.807) is 30.3 Å². The highest BCUT2D eigenvalue weighted by atomic mass is 16.6. The second-order valence-electron chi connectivity index (χ2n) is 8.06. The fourth-order valence-corrected chi connectivity index (χ4v) is 3.27. The summed E-state index contributed by atoms with van der Waals surface area (Å²) in [6, 6.07) is 9.55. The minimum Gasteiger partial charge on any atom is -0.493 e. The molecule has 0 aromatic heterocycles. The molecule has 0 unspecified atom stereocenters. The second-order valence-corrected chi connectivity index (χ2v) is 8.06. The molecule has 29 heavy (non-hydrogen) atoms. The van der Waals surface area contributed by atoms with Gasteiger partial charge in [-0.05, 0) is 42.0 Å². The number of benzene rings is 2. The Morgan fingerprint density at radius 3 is 2.17 bits per heavy atom. The molecule has 0 fully saturated rings. The van der Waals surface area contributed by atoms with Crippen molar-refractivity contribution >= 4 is 5.69 Å². The van der Waals surface area contributed by atoms with E-state index in [0.717, 1.165) is 6.42 Å². The summed E-state index contributed by atoms with van der Waals surface area (Å²) in [6.45, 7) is 9.03. The smallest absolute Gasteiger partial charge is 0.315 e. The van der Waals surface area contributed by atoms with E-state index >= 15 is 0 Å². The average Bonchev–Trinajstić information content (AvgIpc) is 2.66. The minimum atomic E-state index is -0.484. The molecule has 0 spiro atoms. The largest absolute Gasteiger partial charge is 0.493 e. The Bertz CT molecular complexity index is 847. The number of hydrogen-bond acceptors (Lipinski definition) is 6. The lowest BCUT2D eigenvalue weighted by Gasteiger charge is -2.26. The predicted octanol–water partition coefficient (Wildman–Crippen LogP) is 5.86. The van der Waals surface area contributed by atoms with E-state index in [4.69, 9.17) is 18.9 Å². The van der Waals surface area contributed by atoms with E-state index < -0.39 is 4.92 Å². The van der Waals surface area contributed by atoms with Gasteiger partial charge in [-0.2, -0.15) is 0 Å². The van der Waals surface area contributed by atoms with Gasteiger partial charge in [-0.25, -0.2) is 0 Å². The number of nitrogens with zero attached hydrogens (tertiary/aromatic N) is 1. The van der Waals surface area contributed by atoms with Gasteiger partial charge in [0.2, 0.25) is 5.75 Å². The van der Waals surface area contributed by atoms with Crippen molar-refractivity contribution in [2.45, 2.75) is 34.1 Å². The maximum absolute atomic E-state index is 11.6. The molecule has 0 aliphatic heterocycles. The predicted molar refractivity (Wildman–Crippen MR) is 111 cm³/mol. The number of hydrogen-bond donors (Lipinski definition) is 0. The molecule has 0 atom stereocenters. The van der Waals surface area contributed by atoms with E-state index in [1.165, 1.54) is 20.3 Å². The van der Waals surface area contributed by atoms with Crippen LogP contribution in [-0.2, 0) is 0 Å². The van der Waals surface area contributed by atoms with Gasteiger partial charge in [0, 0.05) is 6.07 Å². The van der Waals surface area contributed by atoms with Crippen molar-refractivity contribution in [3.63, 3.8) is 0 Å². The SMILES string of the molecule is COc1ccc(Oc2ccc(OCC(C)(C)CC(C)C)cc2[N+](=O)[O-])cc1OC. The van der Waals surface area contributed by atoms with Crippen molar-refractivity contribution in [3.8, 4) is 28.7 Å². The molecule has 0 radical (unpaired) electrons. The molecular formula is C22H29NO6. The Morgan fingerprint density at radius 1 is 0.966 bits per heavy atom. The Hall–Kier alpha value is -2.96. The number of rotatable bonds is 10. The van der Waals surface area contributed by atoms with Crippen LogP contribution < -0.4 is 18.9 Å². The normalized spacial score (nSPS) is 11.3. The van der Waals surface area contributed by atoms with Crippen LogP contribution in [0.5, 0.6) is 28.7 Å². The molecule has 0 saturated heterocycles. The molecular weight excluding hydrogens is 374 g/mol. The quantitative estimate of drug-likeness (QED) is 0.365. The molecule has 0 saturated carbocycles. The third-order valence-electron chi connectivity index (χ3n) is 4.30. The molecule has 0 bridgehead atoms. The van der Waals surface area contributed by atoms with Gasteiger partial charge in [0.1, 0.15) is 11.5 Å². The Labute approximate surface area is 171 Å². The molecule has 0 aliphatic rings. The first-order chi connectivity index (χ1) is 13.6. The maximum Gasteiger partial charge on any atom is 0.315 e. The van der Waals surface area contributed by atoms with Crippen LogP contribution in [0, 0.1) is 21.4 Å². The van der Waals surface area contributed by atoms with E-state index in [-0.39, 0.29) is 16.9 Å². The summed E-state index contributed by atoms with van der Waals surface area (Å²) in [4.78, 5) is 11.1. The standard InChI is InChI=1S/C22H29NO6/c1-15(2)13-22(3,4)14-28-16-7-9-19(18(11-16)23(24)25)29-17-8-10-20(26-5)21(12-17)27-6/h7-12,15H,13-14H2,1-6H3. The summed E-state index contributed by atoms with van der Waals surface area (Å²) in [5, 5.41) is 11.6. The number of methoxy groups -OCH3 is 2. The highest BCUT2D eigenvalue weighted by Gasteiger charge is 2.22. The summed E-state index contributed by atoms with van der Waals surface area (Å²) in [5.74, 6) is 2.52. The van der Waals surface area contributed by atoms with E-state index in [2.05, 4.69) is 27.7 Å². The minimum absolute atomic E-state index is 0.0300. The first-order valence-corrected chi connectivity index (χ1v) is 9.46. The number of nitro groups is 1. The fourth-order valence-electron chi connectivity index (χ4n) is 3.27. The summed E-state index contributed by atoms with van der Waals surface area (Å²) in [6.07, 6.45) is 0.996. The van der Waals surface area contributed by atoms with Crippen LogP contribution in [0.1, 0.15) is 34.1 Å². The van der Waals surface area contributed by atoms with Crippen LogP contribution in [0.25, 0.3) is 0 Å². The van der Waals surface area contributed by atoms with Gasteiger partial charge in [0.05, 0.1) is 31.8 Å². The summed E-state index contributed by atoms with van der Waals surface area (Å²) >= 11 is 0. The van der Waals surface area contributed by atoms with E-state index in [0.29, 0.717) is 35.5 Å². The van der Waals surface area contributed by atoms with Crippen molar-refractivity contribution in [2.75, 3.05) is 20.8 Å². The first-order valence-electron chi connectivity index (χ1n) is 9.46. The zero-order valence-electron chi connectivity index (χ0n) is 17.9. The van der Waals surface area contributed by atoms with Crippen molar-refractivity contribution in [2.24, 2.45) is 11.3 Å². The summed E-state index contributed by atoms with van der Waals surface area (Å²) < 4.78 is 22.0. The Balaban J connectivity index is 2.21. The lowest BCUT2D eigenvalue weighted by atomic mass is 9.85. The number of ether oxygens (including phenoxy) is 4. The zero-order chi connectivity index (χ0) is 21.6. The molecule has 2 aromatic carbocycles. The second kappa shape index (κ2) is 9.49. The lowest BCUT2D eigenvalue weighted by molar-refractivity contribution is -0.385. The Kier molecular flexibility index (Phi) is 7.31. The summed E-state index contributed by atoms with van der Waals surface area (Å²) in [5.41, 5.74) is -0.198. The molecule has 158 valence electrons. The van der Waals surface area contributed by atoms with Gasteiger partial charge < -0.3 is 18.9 Å². The first kappa shape index (κ1) is 22.3. The molecule has 0 N–H and O–H groups in total. The molecule has 7 nitrogen and oxygen atoms in total. The van der Waals surface area contributed by atoms with Crippen molar-refractivity contribution < 1.29 is 23.9 Å². The third-order valence-corrected chi connectivity index (χ3v) is 4.30. The van der Waals surface area contributed by atoms with Crippen LogP contribution in [0.3, 0.4) is 0 Å². The van der Waals surface area contributed by atoms with Gasteiger partial charge >= 0.3 is 5.69 Å².